The molecule has 5 heteroatoms. The first kappa shape index (κ1) is 15.9. The van der Waals surface area contributed by atoms with E-state index in [0.717, 1.165) is 12.8 Å². The zero-order valence-electron chi connectivity index (χ0n) is 11.4. The van der Waals surface area contributed by atoms with Gasteiger partial charge in [-0.2, -0.15) is 0 Å². The number of aliphatic hydroxyl groups is 1. The van der Waals surface area contributed by atoms with Crippen LogP contribution >= 0.6 is 11.6 Å². The van der Waals surface area contributed by atoms with Crippen LogP contribution in [0.4, 0.5) is 0 Å². The minimum Gasteiger partial charge on any atom is -0.396 e. The lowest BCUT2D eigenvalue weighted by molar-refractivity contribution is 0.0902. The smallest absolute Gasteiger partial charge is 0.269 e. The Morgan fingerprint density at radius 1 is 1.47 bits per heavy atom. The van der Waals surface area contributed by atoms with Gasteiger partial charge in [0, 0.05) is 24.4 Å². The van der Waals surface area contributed by atoms with Gasteiger partial charge in [-0.15, -0.1) is 0 Å². The molecule has 0 aliphatic carbocycles. The maximum Gasteiger partial charge on any atom is 0.269 e. The molecule has 0 fully saturated rings. The number of nitrogens with zero attached hydrogens (tertiary/aromatic N) is 1. The third kappa shape index (κ3) is 4.48. The molecular weight excluding hydrogens is 264 g/mol. The third-order valence-electron chi connectivity index (χ3n) is 3.72. The van der Waals surface area contributed by atoms with Gasteiger partial charge in [0.15, 0.2) is 0 Å². The fourth-order valence-corrected chi connectivity index (χ4v) is 2.23. The number of carbonyl (C=O) groups excluding carboxylic acids is 1. The minimum atomic E-state index is -0.230. The summed E-state index contributed by atoms with van der Waals surface area (Å²) in [6.07, 6.45) is 4.02. The van der Waals surface area contributed by atoms with Crippen LogP contribution in [-0.2, 0) is 0 Å². The molecule has 0 unspecified atom stereocenters. The van der Waals surface area contributed by atoms with Crippen molar-refractivity contribution in [2.75, 3.05) is 13.2 Å². The van der Waals surface area contributed by atoms with Crippen LogP contribution in [0.1, 0.15) is 43.6 Å². The van der Waals surface area contributed by atoms with Gasteiger partial charge in [0.25, 0.3) is 5.91 Å². The number of amides is 1. The Hall–Kier alpha value is -1.13. The molecule has 0 aliphatic heterocycles. The van der Waals surface area contributed by atoms with Crippen molar-refractivity contribution in [3.8, 4) is 0 Å². The van der Waals surface area contributed by atoms with Gasteiger partial charge in [-0.25, -0.2) is 0 Å². The van der Waals surface area contributed by atoms with Crippen LogP contribution < -0.4 is 5.32 Å². The molecule has 1 aromatic rings. The molecule has 0 saturated heterocycles. The van der Waals surface area contributed by atoms with Gasteiger partial charge in [-0.05, 0) is 36.8 Å². The maximum absolute atomic E-state index is 12.0. The maximum atomic E-state index is 12.0. The number of halogens is 1. The highest BCUT2D eigenvalue weighted by atomic mass is 35.5. The molecule has 2 N–H and O–H groups in total. The standard InChI is InChI=1S/C14H21ClN2O2/c1-3-14(4-2,6-8-18)10-17-13(19)12-9-11(15)5-7-16-12/h5,7,9,18H,3-4,6,8,10H2,1-2H3,(H,17,19). The fraction of sp³-hybridized carbons (Fsp3) is 0.571. The molecule has 1 aromatic heterocycles. The van der Waals surface area contributed by atoms with Gasteiger partial charge < -0.3 is 10.4 Å². The number of pyridine rings is 1. The highest BCUT2D eigenvalue weighted by molar-refractivity contribution is 6.30. The lowest BCUT2D eigenvalue weighted by atomic mass is 9.79. The first-order chi connectivity index (χ1) is 9.06. The number of aliphatic hydroxyl groups excluding tert-OH is 1. The summed E-state index contributed by atoms with van der Waals surface area (Å²) in [5.41, 5.74) is 0.265. The second-order valence-electron chi connectivity index (χ2n) is 4.72. The monoisotopic (exact) mass is 284 g/mol. The van der Waals surface area contributed by atoms with Gasteiger partial charge >= 0.3 is 0 Å². The van der Waals surface area contributed by atoms with Crippen LogP contribution in [0.25, 0.3) is 0 Å². The van der Waals surface area contributed by atoms with Crippen LogP contribution in [0.3, 0.4) is 0 Å². The van der Waals surface area contributed by atoms with E-state index in [4.69, 9.17) is 16.7 Å². The predicted molar refractivity (Wildman–Crippen MR) is 76.3 cm³/mol. The van der Waals surface area contributed by atoms with Crippen molar-refractivity contribution in [3.05, 3.63) is 29.0 Å². The van der Waals surface area contributed by atoms with E-state index in [0.29, 0.717) is 23.7 Å². The number of aromatic nitrogens is 1. The number of nitrogens with one attached hydrogen (secondary N) is 1. The molecule has 0 bridgehead atoms. The van der Waals surface area contributed by atoms with E-state index in [9.17, 15) is 4.79 Å². The van der Waals surface area contributed by atoms with Crippen molar-refractivity contribution in [1.82, 2.24) is 10.3 Å². The van der Waals surface area contributed by atoms with Crippen LogP contribution in [0.5, 0.6) is 0 Å². The Kier molecular flexibility index (Phi) is 6.25. The van der Waals surface area contributed by atoms with Gasteiger partial charge in [0.2, 0.25) is 0 Å². The van der Waals surface area contributed by atoms with E-state index in [2.05, 4.69) is 24.1 Å². The number of hydrogen-bond donors (Lipinski definition) is 2. The van der Waals surface area contributed by atoms with Gasteiger partial charge in [0.05, 0.1) is 0 Å². The predicted octanol–water partition coefficient (Wildman–Crippen LogP) is 2.65. The fourth-order valence-electron chi connectivity index (χ4n) is 2.07. The summed E-state index contributed by atoms with van der Waals surface area (Å²) in [4.78, 5) is 16.0. The average molecular weight is 285 g/mol. The van der Waals surface area contributed by atoms with Crippen molar-refractivity contribution in [3.63, 3.8) is 0 Å². The molecule has 19 heavy (non-hydrogen) atoms. The quantitative estimate of drug-likeness (QED) is 0.809. The van der Waals surface area contributed by atoms with E-state index >= 15 is 0 Å². The summed E-state index contributed by atoms with van der Waals surface area (Å²) >= 11 is 5.83. The number of rotatable bonds is 7. The summed E-state index contributed by atoms with van der Waals surface area (Å²) in [7, 11) is 0. The highest BCUT2D eigenvalue weighted by Gasteiger charge is 2.26. The zero-order valence-corrected chi connectivity index (χ0v) is 12.2. The van der Waals surface area contributed by atoms with Gasteiger partial charge in [-0.1, -0.05) is 25.4 Å². The van der Waals surface area contributed by atoms with Crippen LogP contribution in [0, 0.1) is 5.41 Å². The summed E-state index contributed by atoms with van der Waals surface area (Å²) in [6, 6.07) is 3.18. The minimum absolute atomic E-state index is 0.0526. The number of hydrogen-bond acceptors (Lipinski definition) is 3. The molecule has 1 amide bonds. The molecule has 0 atom stereocenters. The van der Waals surface area contributed by atoms with E-state index in [1.807, 2.05) is 0 Å². The molecular formula is C14H21ClN2O2. The van der Waals surface area contributed by atoms with E-state index in [-0.39, 0.29) is 17.9 Å². The molecule has 0 radical (unpaired) electrons. The SMILES string of the molecule is CCC(CC)(CCO)CNC(=O)c1cc(Cl)ccn1. The van der Waals surface area contributed by atoms with Gasteiger partial charge in [-0.3, -0.25) is 9.78 Å². The Morgan fingerprint density at radius 2 is 2.16 bits per heavy atom. The molecule has 0 aromatic carbocycles. The first-order valence-electron chi connectivity index (χ1n) is 6.57. The van der Waals surface area contributed by atoms with Crippen LogP contribution in [0.15, 0.2) is 18.3 Å². The topological polar surface area (TPSA) is 62.2 Å². The van der Waals surface area contributed by atoms with Crippen molar-refractivity contribution in [2.24, 2.45) is 5.41 Å². The lowest BCUT2D eigenvalue weighted by Gasteiger charge is -2.31. The molecule has 106 valence electrons. The molecule has 4 nitrogen and oxygen atoms in total. The summed E-state index contributed by atoms with van der Waals surface area (Å²) in [6.45, 7) is 4.81. The Morgan fingerprint density at radius 3 is 2.68 bits per heavy atom. The molecule has 1 heterocycles. The molecule has 0 saturated carbocycles. The highest BCUT2D eigenvalue weighted by Crippen LogP contribution is 2.29. The van der Waals surface area contributed by atoms with Crippen molar-refractivity contribution in [1.29, 1.82) is 0 Å². The van der Waals surface area contributed by atoms with E-state index in [1.165, 1.54) is 6.20 Å². The Bertz CT molecular complexity index is 420. The van der Waals surface area contributed by atoms with Crippen molar-refractivity contribution >= 4 is 17.5 Å². The molecule has 1 rings (SSSR count). The van der Waals surface area contributed by atoms with Gasteiger partial charge in [0.1, 0.15) is 5.69 Å². The Balaban J connectivity index is 2.66. The third-order valence-corrected chi connectivity index (χ3v) is 3.96. The average Bonchev–Trinajstić information content (AvgIpc) is 2.43. The Labute approximate surface area is 119 Å². The second kappa shape index (κ2) is 7.46. The van der Waals surface area contributed by atoms with E-state index in [1.54, 1.807) is 12.1 Å². The van der Waals surface area contributed by atoms with Crippen molar-refractivity contribution in [2.45, 2.75) is 33.1 Å². The first-order valence-corrected chi connectivity index (χ1v) is 6.95. The summed E-state index contributed by atoms with van der Waals surface area (Å²) < 4.78 is 0. The largest absolute Gasteiger partial charge is 0.396 e. The molecule has 0 aliphatic rings. The zero-order chi connectivity index (χ0) is 14.3. The van der Waals surface area contributed by atoms with Crippen LogP contribution in [0.2, 0.25) is 5.02 Å². The van der Waals surface area contributed by atoms with E-state index < -0.39 is 0 Å². The van der Waals surface area contributed by atoms with Crippen molar-refractivity contribution < 1.29 is 9.90 Å². The van der Waals surface area contributed by atoms with Crippen LogP contribution in [-0.4, -0.2) is 29.1 Å². The summed E-state index contributed by atoms with van der Waals surface area (Å²) in [5, 5.41) is 12.5. The number of carbonyl (C=O) groups is 1. The normalized spacial score (nSPS) is 11.4. The molecule has 0 spiro atoms. The summed E-state index contributed by atoms with van der Waals surface area (Å²) in [5.74, 6) is -0.230. The second-order valence-corrected chi connectivity index (χ2v) is 5.16. The lowest BCUT2D eigenvalue weighted by Crippen LogP contribution is -2.38.